The highest BCUT2D eigenvalue weighted by molar-refractivity contribution is 5.79. The second-order valence-electron chi connectivity index (χ2n) is 3.79. The van der Waals surface area contributed by atoms with E-state index in [1.165, 1.54) is 18.2 Å². The molecule has 0 radical (unpaired) electrons. The standard InChI is InChI=1S/C12H14F3NO2/c1-2-5-10(11(16)17)18-9-7-4-3-6-8(9)12(13,14)15/h3-4,6-7,10H,2,5H2,1H3,(H2,16,17). The van der Waals surface area contributed by atoms with Gasteiger partial charge in [-0.1, -0.05) is 25.5 Å². The summed E-state index contributed by atoms with van der Waals surface area (Å²) in [7, 11) is 0. The quantitative estimate of drug-likeness (QED) is 0.886. The van der Waals surface area contributed by atoms with Crippen LogP contribution in [0.2, 0.25) is 0 Å². The molecule has 0 saturated heterocycles. The van der Waals surface area contributed by atoms with Gasteiger partial charge in [0.25, 0.3) is 5.91 Å². The van der Waals surface area contributed by atoms with E-state index in [0.29, 0.717) is 6.42 Å². The molecule has 0 bridgehead atoms. The van der Waals surface area contributed by atoms with Crippen molar-refractivity contribution in [1.82, 2.24) is 0 Å². The summed E-state index contributed by atoms with van der Waals surface area (Å²) in [5.41, 5.74) is 4.17. The lowest BCUT2D eigenvalue weighted by Crippen LogP contribution is -2.34. The fourth-order valence-corrected chi connectivity index (χ4v) is 1.48. The summed E-state index contributed by atoms with van der Waals surface area (Å²) >= 11 is 0. The van der Waals surface area contributed by atoms with Crippen LogP contribution in [0, 0.1) is 0 Å². The van der Waals surface area contributed by atoms with E-state index >= 15 is 0 Å². The second kappa shape index (κ2) is 5.75. The third-order valence-electron chi connectivity index (χ3n) is 2.33. The number of hydrogen-bond donors (Lipinski definition) is 1. The minimum atomic E-state index is -4.52. The van der Waals surface area contributed by atoms with E-state index in [2.05, 4.69) is 0 Å². The average Bonchev–Trinajstić information content (AvgIpc) is 2.27. The van der Waals surface area contributed by atoms with Gasteiger partial charge in [0.2, 0.25) is 0 Å². The molecule has 1 atom stereocenters. The third kappa shape index (κ3) is 3.65. The Morgan fingerprint density at radius 1 is 1.39 bits per heavy atom. The Balaban J connectivity index is 2.99. The number of alkyl halides is 3. The van der Waals surface area contributed by atoms with Gasteiger partial charge < -0.3 is 10.5 Å². The van der Waals surface area contributed by atoms with Crippen LogP contribution < -0.4 is 10.5 Å². The SMILES string of the molecule is CCCC(Oc1ccccc1C(F)(F)F)C(N)=O. The Morgan fingerprint density at radius 2 is 2.00 bits per heavy atom. The van der Waals surface area contributed by atoms with Crippen LogP contribution in [0.3, 0.4) is 0 Å². The number of para-hydroxylation sites is 1. The zero-order valence-electron chi connectivity index (χ0n) is 9.83. The Labute approximate surface area is 103 Å². The zero-order chi connectivity index (χ0) is 13.8. The van der Waals surface area contributed by atoms with E-state index in [1.54, 1.807) is 6.92 Å². The number of primary amides is 1. The zero-order valence-corrected chi connectivity index (χ0v) is 9.83. The van der Waals surface area contributed by atoms with Crippen LogP contribution >= 0.6 is 0 Å². The molecule has 0 aliphatic rings. The Hall–Kier alpha value is -1.72. The van der Waals surface area contributed by atoms with Gasteiger partial charge in [0, 0.05) is 0 Å². The number of carbonyl (C=O) groups excluding carboxylic acids is 1. The van der Waals surface area contributed by atoms with Gasteiger partial charge in [-0.15, -0.1) is 0 Å². The first-order valence-corrected chi connectivity index (χ1v) is 5.48. The Kier molecular flexibility index (Phi) is 4.58. The van der Waals surface area contributed by atoms with Crippen molar-refractivity contribution in [3.8, 4) is 5.75 Å². The number of rotatable bonds is 5. The number of amides is 1. The summed E-state index contributed by atoms with van der Waals surface area (Å²) in [6.07, 6.45) is -4.70. The molecule has 1 rings (SSSR count). The molecule has 18 heavy (non-hydrogen) atoms. The van der Waals surface area contributed by atoms with Crippen molar-refractivity contribution in [1.29, 1.82) is 0 Å². The van der Waals surface area contributed by atoms with Gasteiger partial charge in [-0.3, -0.25) is 4.79 Å². The molecule has 2 N–H and O–H groups in total. The first-order chi connectivity index (χ1) is 8.36. The summed E-state index contributed by atoms with van der Waals surface area (Å²) < 4.78 is 43.1. The fraction of sp³-hybridized carbons (Fsp3) is 0.417. The molecular weight excluding hydrogens is 247 g/mol. The summed E-state index contributed by atoms with van der Waals surface area (Å²) in [5, 5.41) is 0. The highest BCUT2D eigenvalue weighted by Gasteiger charge is 2.35. The maximum atomic E-state index is 12.7. The number of carbonyl (C=O) groups is 1. The highest BCUT2D eigenvalue weighted by Crippen LogP contribution is 2.36. The highest BCUT2D eigenvalue weighted by atomic mass is 19.4. The van der Waals surface area contributed by atoms with Crippen molar-refractivity contribution >= 4 is 5.91 Å². The molecule has 1 aromatic carbocycles. The average molecular weight is 261 g/mol. The lowest BCUT2D eigenvalue weighted by atomic mass is 10.1. The van der Waals surface area contributed by atoms with Crippen molar-refractivity contribution in [3.05, 3.63) is 29.8 Å². The minimum Gasteiger partial charge on any atom is -0.480 e. The van der Waals surface area contributed by atoms with Crippen molar-refractivity contribution in [3.63, 3.8) is 0 Å². The van der Waals surface area contributed by atoms with Gasteiger partial charge >= 0.3 is 6.18 Å². The summed E-state index contributed by atoms with van der Waals surface area (Å²) in [6, 6.07) is 4.75. The van der Waals surface area contributed by atoms with Crippen LogP contribution in [0.15, 0.2) is 24.3 Å². The molecule has 100 valence electrons. The Bertz CT molecular complexity index is 418. The van der Waals surface area contributed by atoms with E-state index in [-0.39, 0.29) is 12.2 Å². The lowest BCUT2D eigenvalue weighted by Gasteiger charge is -2.18. The van der Waals surface area contributed by atoms with E-state index < -0.39 is 23.8 Å². The maximum Gasteiger partial charge on any atom is 0.419 e. The van der Waals surface area contributed by atoms with E-state index in [1.807, 2.05) is 0 Å². The van der Waals surface area contributed by atoms with Crippen LogP contribution in [0.25, 0.3) is 0 Å². The van der Waals surface area contributed by atoms with Crippen LogP contribution in [0.4, 0.5) is 13.2 Å². The van der Waals surface area contributed by atoms with E-state index in [0.717, 1.165) is 6.07 Å². The molecule has 0 aliphatic heterocycles. The Morgan fingerprint density at radius 3 is 2.50 bits per heavy atom. The number of hydrogen-bond acceptors (Lipinski definition) is 2. The molecule has 3 nitrogen and oxygen atoms in total. The molecule has 6 heteroatoms. The number of halogens is 3. The molecule has 0 aromatic heterocycles. The monoisotopic (exact) mass is 261 g/mol. The van der Waals surface area contributed by atoms with Crippen molar-refractivity contribution in [2.24, 2.45) is 5.73 Å². The van der Waals surface area contributed by atoms with Crippen LogP contribution in [-0.4, -0.2) is 12.0 Å². The summed E-state index contributed by atoms with van der Waals surface area (Å²) in [5.74, 6) is -1.14. The molecule has 1 aromatic rings. The van der Waals surface area contributed by atoms with Crippen LogP contribution in [-0.2, 0) is 11.0 Å². The van der Waals surface area contributed by atoms with Crippen LogP contribution in [0.5, 0.6) is 5.75 Å². The van der Waals surface area contributed by atoms with Gasteiger partial charge in [-0.05, 0) is 18.6 Å². The number of ether oxygens (including phenoxy) is 1. The molecule has 0 heterocycles. The molecule has 0 spiro atoms. The van der Waals surface area contributed by atoms with Gasteiger partial charge in [0.05, 0.1) is 5.56 Å². The summed E-state index contributed by atoms with van der Waals surface area (Å²) in [6.45, 7) is 1.79. The molecule has 0 fully saturated rings. The largest absolute Gasteiger partial charge is 0.480 e. The van der Waals surface area contributed by atoms with Gasteiger partial charge in [-0.2, -0.15) is 13.2 Å². The number of benzene rings is 1. The fourth-order valence-electron chi connectivity index (χ4n) is 1.48. The van der Waals surface area contributed by atoms with Gasteiger partial charge in [0.15, 0.2) is 6.10 Å². The minimum absolute atomic E-state index is 0.279. The molecule has 1 amide bonds. The first kappa shape index (κ1) is 14.3. The molecular formula is C12H14F3NO2. The molecule has 0 aliphatic carbocycles. The summed E-state index contributed by atoms with van der Waals surface area (Å²) in [4.78, 5) is 11.1. The second-order valence-corrected chi connectivity index (χ2v) is 3.79. The molecule has 0 saturated carbocycles. The predicted octanol–water partition coefficient (Wildman–Crippen LogP) is 2.74. The van der Waals surface area contributed by atoms with Crippen molar-refractivity contribution < 1.29 is 22.7 Å². The number of nitrogens with two attached hydrogens (primary N) is 1. The van der Waals surface area contributed by atoms with E-state index in [4.69, 9.17) is 10.5 Å². The van der Waals surface area contributed by atoms with E-state index in [9.17, 15) is 18.0 Å². The first-order valence-electron chi connectivity index (χ1n) is 5.48. The van der Waals surface area contributed by atoms with Gasteiger partial charge in [0.1, 0.15) is 5.75 Å². The maximum absolute atomic E-state index is 12.7. The van der Waals surface area contributed by atoms with Crippen LogP contribution in [0.1, 0.15) is 25.3 Å². The van der Waals surface area contributed by atoms with Crippen molar-refractivity contribution in [2.75, 3.05) is 0 Å². The van der Waals surface area contributed by atoms with Crippen molar-refractivity contribution in [2.45, 2.75) is 32.0 Å². The topological polar surface area (TPSA) is 52.3 Å². The third-order valence-corrected chi connectivity index (χ3v) is 2.33. The normalized spacial score (nSPS) is 13.1. The molecule has 1 unspecified atom stereocenters. The smallest absolute Gasteiger partial charge is 0.419 e. The lowest BCUT2D eigenvalue weighted by molar-refractivity contribution is -0.140. The predicted molar refractivity (Wildman–Crippen MR) is 60.0 cm³/mol. The van der Waals surface area contributed by atoms with Gasteiger partial charge in [-0.25, -0.2) is 0 Å².